The number of methoxy groups -OCH3 is 1. The third-order valence-corrected chi connectivity index (χ3v) is 3.65. The Hall–Kier alpha value is -0.650. The molecule has 0 aromatic rings. The summed E-state index contributed by atoms with van der Waals surface area (Å²) in [7, 11) is 1.66. The van der Waals surface area contributed by atoms with E-state index in [1.807, 2.05) is 4.90 Å². The van der Waals surface area contributed by atoms with Crippen molar-refractivity contribution in [3.8, 4) is 0 Å². The number of hydrogen-bond acceptors (Lipinski definition) is 4. The Balaban J connectivity index is 2.42. The fraction of sp³-hybridized carbons (Fsp3) is 0.933. The average Bonchev–Trinajstić information content (AvgIpc) is 2.71. The first kappa shape index (κ1) is 17.4. The molecule has 0 saturated carbocycles. The second kappa shape index (κ2) is 8.60. The van der Waals surface area contributed by atoms with Crippen molar-refractivity contribution in [3.63, 3.8) is 0 Å². The highest BCUT2D eigenvalue weighted by atomic mass is 16.5. The van der Waals surface area contributed by atoms with Gasteiger partial charge in [0.2, 0.25) is 5.91 Å². The number of amides is 1. The van der Waals surface area contributed by atoms with Crippen molar-refractivity contribution in [1.82, 2.24) is 10.2 Å². The lowest BCUT2D eigenvalue weighted by atomic mass is 10.0. The van der Waals surface area contributed by atoms with Crippen LogP contribution < -0.4 is 5.32 Å². The largest absolute Gasteiger partial charge is 0.382 e. The quantitative estimate of drug-likeness (QED) is 0.652. The van der Waals surface area contributed by atoms with Gasteiger partial charge in [0, 0.05) is 20.3 Å². The number of ether oxygens (including phenoxy) is 2. The van der Waals surface area contributed by atoms with E-state index in [9.17, 15) is 4.79 Å². The predicted molar refractivity (Wildman–Crippen MR) is 79.4 cm³/mol. The van der Waals surface area contributed by atoms with Crippen molar-refractivity contribution in [2.75, 3.05) is 33.5 Å². The summed E-state index contributed by atoms with van der Waals surface area (Å²) in [6.45, 7) is 11.1. The first-order chi connectivity index (χ1) is 9.49. The molecule has 0 aromatic carbocycles. The van der Waals surface area contributed by atoms with Crippen LogP contribution in [0.2, 0.25) is 0 Å². The molecule has 0 spiro atoms. The third-order valence-electron chi connectivity index (χ3n) is 3.65. The molecule has 1 amide bonds. The first-order valence-electron chi connectivity index (χ1n) is 7.62. The molecular weight excluding hydrogens is 256 g/mol. The summed E-state index contributed by atoms with van der Waals surface area (Å²) in [6.07, 6.45) is 1.01. The molecule has 5 heteroatoms. The lowest BCUT2D eigenvalue weighted by Gasteiger charge is -2.27. The Labute approximate surface area is 123 Å². The highest BCUT2D eigenvalue weighted by molar-refractivity contribution is 5.84. The second-order valence-electron chi connectivity index (χ2n) is 6.07. The van der Waals surface area contributed by atoms with Crippen molar-refractivity contribution in [1.29, 1.82) is 0 Å². The average molecular weight is 286 g/mol. The molecule has 1 heterocycles. The number of nitrogens with zero attached hydrogens (tertiary/aromatic N) is 1. The summed E-state index contributed by atoms with van der Waals surface area (Å²) >= 11 is 0. The zero-order chi connectivity index (χ0) is 15.1. The van der Waals surface area contributed by atoms with Crippen LogP contribution in [-0.4, -0.2) is 56.5 Å². The fourth-order valence-electron chi connectivity index (χ4n) is 2.52. The van der Waals surface area contributed by atoms with Gasteiger partial charge in [0.15, 0.2) is 0 Å². The van der Waals surface area contributed by atoms with Crippen molar-refractivity contribution in [2.45, 2.75) is 46.3 Å². The maximum atomic E-state index is 12.4. The molecule has 118 valence electrons. The maximum Gasteiger partial charge on any atom is 0.241 e. The Bertz CT molecular complexity index is 295. The van der Waals surface area contributed by atoms with Crippen LogP contribution in [0.3, 0.4) is 0 Å². The molecule has 0 aromatic heterocycles. The fourth-order valence-corrected chi connectivity index (χ4v) is 2.52. The molecule has 20 heavy (non-hydrogen) atoms. The lowest BCUT2D eigenvalue weighted by Crippen LogP contribution is -2.42. The summed E-state index contributed by atoms with van der Waals surface area (Å²) in [5.74, 6) is 0.972. The minimum absolute atomic E-state index is 0.0446. The molecule has 1 N–H and O–H groups in total. The van der Waals surface area contributed by atoms with Gasteiger partial charge in [-0.2, -0.15) is 0 Å². The van der Waals surface area contributed by atoms with Gasteiger partial charge in [-0.15, -0.1) is 0 Å². The van der Waals surface area contributed by atoms with Crippen molar-refractivity contribution < 1.29 is 14.3 Å². The van der Waals surface area contributed by atoms with E-state index in [0.717, 1.165) is 13.0 Å². The van der Waals surface area contributed by atoms with E-state index in [0.29, 0.717) is 31.7 Å². The van der Waals surface area contributed by atoms with Crippen molar-refractivity contribution in [3.05, 3.63) is 0 Å². The summed E-state index contributed by atoms with van der Waals surface area (Å²) in [5, 5.41) is 3.47. The molecule has 0 aliphatic carbocycles. The zero-order valence-corrected chi connectivity index (χ0v) is 13.5. The smallest absolute Gasteiger partial charge is 0.241 e. The normalized spacial score (nSPS) is 23.4. The van der Waals surface area contributed by atoms with Gasteiger partial charge in [0.05, 0.1) is 25.4 Å². The molecule has 1 aliphatic heterocycles. The van der Waals surface area contributed by atoms with Gasteiger partial charge in [0.25, 0.3) is 0 Å². The van der Waals surface area contributed by atoms with Gasteiger partial charge in [0.1, 0.15) is 0 Å². The standard InChI is InChI=1S/C15H30N2O3/c1-11(2)13-15(18)17(14(16-13)12(3)4)7-6-8-20-10-9-19-5/h11-14,16H,6-10H2,1-5H3. The topological polar surface area (TPSA) is 50.8 Å². The number of carbonyl (C=O) groups excluding carboxylic acids is 1. The van der Waals surface area contributed by atoms with Gasteiger partial charge in [-0.3, -0.25) is 10.1 Å². The van der Waals surface area contributed by atoms with E-state index in [2.05, 4.69) is 33.0 Å². The van der Waals surface area contributed by atoms with Gasteiger partial charge in [-0.25, -0.2) is 0 Å². The lowest BCUT2D eigenvalue weighted by molar-refractivity contribution is -0.131. The molecule has 5 nitrogen and oxygen atoms in total. The Kier molecular flexibility index (Phi) is 7.48. The Morgan fingerprint density at radius 1 is 1.15 bits per heavy atom. The van der Waals surface area contributed by atoms with Crippen LogP contribution in [0.25, 0.3) is 0 Å². The number of carbonyl (C=O) groups is 1. The summed E-state index contributed by atoms with van der Waals surface area (Å²) in [6, 6.07) is -0.0446. The number of nitrogens with one attached hydrogen (secondary N) is 1. The van der Waals surface area contributed by atoms with E-state index >= 15 is 0 Å². The number of rotatable bonds is 9. The van der Waals surface area contributed by atoms with Crippen LogP contribution in [-0.2, 0) is 14.3 Å². The minimum Gasteiger partial charge on any atom is -0.382 e. The predicted octanol–water partition coefficient (Wildman–Crippen LogP) is 1.48. The summed E-state index contributed by atoms with van der Waals surface area (Å²) < 4.78 is 10.4. The van der Waals surface area contributed by atoms with Gasteiger partial charge in [-0.05, 0) is 18.3 Å². The van der Waals surface area contributed by atoms with Crippen LogP contribution in [0.1, 0.15) is 34.1 Å². The summed E-state index contributed by atoms with van der Waals surface area (Å²) in [4.78, 5) is 14.4. The SMILES string of the molecule is COCCOCCCN1C(=O)C(C(C)C)NC1C(C)C. The van der Waals surface area contributed by atoms with Gasteiger partial charge in [-0.1, -0.05) is 27.7 Å². The van der Waals surface area contributed by atoms with E-state index in [1.54, 1.807) is 7.11 Å². The highest BCUT2D eigenvalue weighted by Gasteiger charge is 2.40. The van der Waals surface area contributed by atoms with Crippen LogP contribution in [0.5, 0.6) is 0 Å². The summed E-state index contributed by atoms with van der Waals surface area (Å²) in [5.41, 5.74) is 0. The molecule has 1 saturated heterocycles. The molecular formula is C15H30N2O3. The van der Waals surface area contributed by atoms with Crippen LogP contribution in [0.15, 0.2) is 0 Å². The monoisotopic (exact) mass is 286 g/mol. The number of hydrogen-bond donors (Lipinski definition) is 1. The second-order valence-corrected chi connectivity index (χ2v) is 6.07. The minimum atomic E-state index is -0.0446. The zero-order valence-electron chi connectivity index (χ0n) is 13.5. The van der Waals surface area contributed by atoms with Gasteiger partial charge >= 0.3 is 0 Å². The molecule has 2 unspecified atom stereocenters. The molecule has 0 radical (unpaired) electrons. The molecule has 2 atom stereocenters. The van der Waals surface area contributed by atoms with Crippen LogP contribution >= 0.6 is 0 Å². The molecule has 1 rings (SSSR count). The van der Waals surface area contributed by atoms with Crippen LogP contribution in [0.4, 0.5) is 0 Å². The van der Waals surface area contributed by atoms with Crippen molar-refractivity contribution >= 4 is 5.91 Å². The Morgan fingerprint density at radius 3 is 2.40 bits per heavy atom. The molecule has 1 fully saturated rings. The van der Waals surface area contributed by atoms with E-state index in [-0.39, 0.29) is 18.1 Å². The van der Waals surface area contributed by atoms with E-state index < -0.39 is 0 Å². The Morgan fingerprint density at radius 2 is 1.85 bits per heavy atom. The van der Waals surface area contributed by atoms with Crippen molar-refractivity contribution in [2.24, 2.45) is 11.8 Å². The molecule has 1 aliphatic rings. The highest BCUT2D eigenvalue weighted by Crippen LogP contribution is 2.21. The van der Waals surface area contributed by atoms with E-state index in [4.69, 9.17) is 9.47 Å². The third kappa shape index (κ3) is 4.72. The van der Waals surface area contributed by atoms with Crippen LogP contribution in [0, 0.1) is 11.8 Å². The first-order valence-corrected chi connectivity index (χ1v) is 7.62. The maximum absolute atomic E-state index is 12.4. The molecule has 0 bridgehead atoms. The van der Waals surface area contributed by atoms with Gasteiger partial charge < -0.3 is 14.4 Å². The van der Waals surface area contributed by atoms with E-state index in [1.165, 1.54) is 0 Å².